The van der Waals surface area contributed by atoms with E-state index < -0.39 is 0 Å². The summed E-state index contributed by atoms with van der Waals surface area (Å²) in [4.78, 5) is 1.30. The first kappa shape index (κ1) is 11.2. The van der Waals surface area contributed by atoms with E-state index in [-0.39, 0.29) is 6.04 Å². The molecule has 0 bridgehead atoms. The van der Waals surface area contributed by atoms with Crippen LogP contribution in [0, 0.1) is 6.92 Å². The molecular weight excluding hydrogens is 246 g/mol. The van der Waals surface area contributed by atoms with E-state index >= 15 is 0 Å². The number of hydrogen-bond donors (Lipinski definition) is 1. The number of hydrogen-bond acceptors (Lipinski definition) is 2. The van der Waals surface area contributed by atoms with Gasteiger partial charge in [-0.15, -0.1) is 11.3 Å². The normalized spacial score (nSPS) is 13.2. The number of unbranched alkanes of at least 4 members (excludes halogenated alkanes) is 1. The van der Waals surface area contributed by atoms with Crippen LogP contribution < -0.4 is 5.73 Å². The van der Waals surface area contributed by atoms with Crippen molar-refractivity contribution >= 4 is 27.3 Å². The van der Waals surface area contributed by atoms with Gasteiger partial charge in [0, 0.05) is 10.9 Å². The van der Waals surface area contributed by atoms with Gasteiger partial charge in [-0.25, -0.2) is 0 Å². The third-order valence-electron chi connectivity index (χ3n) is 2.11. The lowest BCUT2D eigenvalue weighted by atomic mass is 10.1. The summed E-state index contributed by atoms with van der Waals surface area (Å²) in [5.41, 5.74) is 7.35. The predicted molar refractivity (Wildman–Crippen MR) is 63.2 cm³/mol. The molecule has 3 heteroatoms. The molecule has 0 aromatic carbocycles. The van der Waals surface area contributed by atoms with Crippen LogP contribution in [0.25, 0.3) is 0 Å². The lowest BCUT2D eigenvalue weighted by Gasteiger charge is -2.07. The zero-order valence-electron chi connectivity index (χ0n) is 8.14. The van der Waals surface area contributed by atoms with E-state index in [0.717, 1.165) is 6.42 Å². The highest BCUT2D eigenvalue weighted by atomic mass is 79.9. The Morgan fingerprint density at radius 2 is 2.31 bits per heavy atom. The largest absolute Gasteiger partial charge is 0.323 e. The Kier molecular flexibility index (Phi) is 4.42. The van der Waals surface area contributed by atoms with Gasteiger partial charge in [-0.05, 0) is 40.9 Å². The SMILES string of the molecule is CCCC[C@@H](N)c1cc(C)c(Br)s1. The molecule has 1 atom stereocenters. The Labute approximate surface area is 92.5 Å². The molecule has 0 radical (unpaired) electrons. The van der Waals surface area contributed by atoms with Crippen LogP contribution in [0.2, 0.25) is 0 Å². The fourth-order valence-electron chi connectivity index (χ4n) is 1.23. The number of rotatable bonds is 4. The molecule has 0 unspecified atom stereocenters. The van der Waals surface area contributed by atoms with Gasteiger partial charge < -0.3 is 5.73 Å². The second kappa shape index (κ2) is 5.13. The topological polar surface area (TPSA) is 26.0 Å². The van der Waals surface area contributed by atoms with E-state index in [1.807, 2.05) is 0 Å². The third-order valence-corrected chi connectivity index (χ3v) is 4.38. The number of aryl methyl sites for hydroxylation is 1. The predicted octanol–water partition coefficient (Wildman–Crippen LogP) is 4.01. The summed E-state index contributed by atoms with van der Waals surface area (Å²) in [5.74, 6) is 0. The van der Waals surface area contributed by atoms with Crippen molar-refractivity contribution < 1.29 is 0 Å². The summed E-state index contributed by atoms with van der Waals surface area (Å²) in [7, 11) is 0. The molecule has 1 aromatic heterocycles. The maximum atomic E-state index is 6.05. The van der Waals surface area contributed by atoms with E-state index in [1.165, 1.54) is 27.1 Å². The highest BCUT2D eigenvalue weighted by Gasteiger charge is 2.09. The molecule has 13 heavy (non-hydrogen) atoms. The first-order valence-electron chi connectivity index (χ1n) is 4.66. The Morgan fingerprint density at radius 3 is 2.77 bits per heavy atom. The highest BCUT2D eigenvalue weighted by Crippen LogP contribution is 2.32. The molecule has 0 saturated heterocycles. The lowest BCUT2D eigenvalue weighted by molar-refractivity contribution is 0.611. The van der Waals surface area contributed by atoms with E-state index in [4.69, 9.17) is 5.73 Å². The lowest BCUT2D eigenvalue weighted by Crippen LogP contribution is -2.07. The summed E-state index contributed by atoms with van der Waals surface area (Å²) < 4.78 is 1.22. The van der Waals surface area contributed by atoms with Crippen molar-refractivity contribution in [2.24, 2.45) is 5.73 Å². The molecule has 1 aromatic rings. The first-order chi connectivity index (χ1) is 6.15. The van der Waals surface area contributed by atoms with E-state index in [1.54, 1.807) is 11.3 Å². The van der Waals surface area contributed by atoms with Crippen LogP contribution in [-0.4, -0.2) is 0 Å². The minimum absolute atomic E-state index is 0.231. The maximum absolute atomic E-state index is 6.05. The van der Waals surface area contributed by atoms with Gasteiger partial charge in [0.05, 0.1) is 3.79 Å². The summed E-state index contributed by atoms with van der Waals surface area (Å²) in [5, 5.41) is 0. The molecule has 1 heterocycles. The van der Waals surface area contributed by atoms with Crippen LogP contribution in [0.1, 0.15) is 42.7 Å². The highest BCUT2D eigenvalue weighted by molar-refractivity contribution is 9.11. The summed E-state index contributed by atoms with van der Waals surface area (Å²) in [6.07, 6.45) is 3.54. The van der Waals surface area contributed by atoms with Gasteiger partial charge in [0.1, 0.15) is 0 Å². The number of nitrogens with two attached hydrogens (primary N) is 1. The quantitative estimate of drug-likeness (QED) is 0.871. The zero-order chi connectivity index (χ0) is 9.84. The van der Waals surface area contributed by atoms with Crippen molar-refractivity contribution in [1.29, 1.82) is 0 Å². The Balaban J connectivity index is 2.60. The Bertz CT molecular complexity index is 250. The molecule has 0 saturated carbocycles. The van der Waals surface area contributed by atoms with Gasteiger partial charge in [-0.2, -0.15) is 0 Å². The second-order valence-corrected chi connectivity index (χ2v) is 5.76. The van der Waals surface area contributed by atoms with Crippen molar-refractivity contribution in [3.63, 3.8) is 0 Å². The van der Waals surface area contributed by atoms with Crippen molar-refractivity contribution in [1.82, 2.24) is 0 Å². The molecule has 0 aliphatic carbocycles. The number of thiophene rings is 1. The Hall–Kier alpha value is 0.140. The van der Waals surface area contributed by atoms with Gasteiger partial charge in [0.25, 0.3) is 0 Å². The van der Waals surface area contributed by atoms with Crippen LogP contribution in [-0.2, 0) is 0 Å². The molecule has 0 amide bonds. The van der Waals surface area contributed by atoms with Crippen molar-refractivity contribution in [2.45, 2.75) is 39.2 Å². The summed E-state index contributed by atoms with van der Waals surface area (Å²) >= 11 is 5.28. The minimum Gasteiger partial charge on any atom is -0.323 e. The number of halogens is 1. The molecule has 1 rings (SSSR count). The fourth-order valence-corrected chi connectivity index (χ4v) is 2.84. The Morgan fingerprint density at radius 1 is 1.62 bits per heavy atom. The van der Waals surface area contributed by atoms with Crippen LogP contribution in [0.3, 0.4) is 0 Å². The smallest absolute Gasteiger partial charge is 0.0731 e. The molecule has 0 aliphatic heterocycles. The molecule has 0 aliphatic rings. The van der Waals surface area contributed by atoms with E-state index in [2.05, 4.69) is 35.8 Å². The molecule has 1 nitrogen and oxygen atoms in total. The van der Waals surface area contributed by atoms with Gasteiger partial charge in [0.15, 0.2) is 0 Å². The summed E-state index contributed by atoms with van der Waals surface area (Å²) in [6, 6.07) is 2.42. The molecular formula is C10H16BrNS. The van der Waals surface area contributed by atoms with E-state index in [0.29, 0.717) is 0 Å². The fraction of sp³-hybridized carbons (Fsp3) is 0.600. The second-order valence-electron chi connectivity index (χ2n) is 3.35. The maximum Gasteiger partial charge on any atom is 0.0731 e. The first-order valence-corrected chi connectivity index (χ1v) is 6.27. The van der Waals surface area contributed by atoms with Crippen molar-refractivity contribution in [2.75, 3.05) is 0 Å². The molecule has 0 fully saturated rings. The third kappa shape index (κ3) is 3.08. The van der Waals surface area contributed by atoms with E-state index in [9.17, 15) is 0 Å². The van der Waals surface area contributed by atoms with Gasteiger partial charge >= 0.3 is 0 Å². The van der Waals surface area contributed by atoms with Gasteiger partial charge in [-0.3, -0.25) is 0 Å². The van der Waals surface area contributed by atoms with Crippen LogP contribution in [0.4, 0.5) is 0 Å². The molecule has 74 valence electrons. The average Bonchev–Trinajstić information content (AvgIpc) is 2.43. The molecule has 2 N–H and O–H groups in total. The summed E-state index contributed by atoms with van der Waals surface area (Å²) in [6.45, 7) is 4.30. The minimum atomic E-state index is 0.231. The zero-order valence-corrected chi connectivity index (χ0v) is 10.5. The van der Waals surface area contributed by atoms with Crippen LogP contribution in [0.15, 0.2) is 9.85 Å². The monoisotopic (exact) mass is 261 g/mol. The van der Waals surface area contributed by atoms with Gasteiger partial charge in [0.2, 0.25) is 0 Å². The van der Waals surface area contributed by atoms with Crippen molar-refractivity contribution in [3.05, 3.63) is 20.3 Å². The van der Waals surface area contributed by atoms with Gasteiger partial charge in [-0.1, -0.05) is 19.8 Å². The average molecular weight is 262 g/mol. The van der Waals surface area contributed by atoms with Crippen LogP contribution in [0.5, 0.6) is 0 Å². The standard InChI is InChI=1S/C10H16BrNS/c1-3-4-5-8(12)9-6-7(2)10(11)13-9/h6,8H,3-5,12H2,1-2H3/t8-/m1/s1. The molecule has 0 spiro atoms. The van der Waals surface area contributed by atoms with Crippen molar-refractivity contribution in [3.8, 4) is 0 Å². The van der Waals surface area contributed by atoms with Crippen LogP contribution >= 0.6 is 27.3 Å².